The van der Waals surface area contributed by atoms with Crippen LogP contribution >= 0.6 is 0 Å². The third kappa shape index (κ3) is 5.60. The van der Waals surface area contributed by atoms with Gasteiger partial charge < -0.3 is 10.1 Å². The number of hydrogen-bond donors (Lipinski definition) is 1. The van der Waals surface area contributed by atoms with Crippen molar-refractivity contribution in [2.24, 2.45) is 0 Å². The van der Waals surface area contributed by atoms with Gasteiger partial charge in [-0.15, -0.1) is 0 Å². The lowest BCUT2D eigenvalue weighted by Gasteiger charge is -2.04. The molecule has 1 aromatic rings. The average molecular weight is 237 g/mol. The van der Waals surface area contributed by atoms with Crippen molar-refractivity contribution >= 4 is 11.9 Å². The van der Waals surface area contributed by atoms with Gasteiger partial charge in [-0.05, 0) is 13.0 Å². The van der Waals surface area contributed by atoms with Crippen molar-refractivity contribution in [2.75, 3.05) is 6.61 Å². The van der Waals surface area contributed by atoms with Gasteiger partial charge in [0.2, 0.25) is 5.91 Å². The van der Waals surface area contributed by atoms with Crippen molar-refractivity contribution in [3.05, 3.63) is 24.3 Å². The van der Waals surface area contributed by atoms with Gasteiger partial charge in [0.15, 0.2) is 0 Å². The van der Waals surface area contributed by atoms with Crippen molar-refractivity contribution < 1.29 is 14.3 Å². The summed E-state index contributed by atoms with van der Waals surface area (Å²) in [7, 11) is 0. The molecule has 0 unspecified atom stereocenters. The van der Waals surface area contributed by atoms with Crippen LogP contribution in [-0.2, 0) is 20.9 Å². The van der Waals surface area contributed by atoms with E-state index in [1.165, 1.54) is 6.33 Å². The highest BCUT2D eigenvalue weighted by atomic mass is 16.5. The van der Waals surface area contributed by atoms with E-state index in [1.54, 1.807) is 19.2 Å². The van der Waals surface area contributed by atoms with E-state index >= 15 is 0 Å². The summed E-state index contributed by atoms with van der Waals surface area (Å²) >= 11 is 0. The summed E-state index contributed by atoms with van der Waals surface area (Å²) in [6.45, 7) is 2.40. The summed E-state index contributed by atoms with van der Waals surface area (Å²) in [4.78, 5) is 30.1. The number of aromatic nitrogens is 2. The highest BCUT2D eigenvalue weighted by Crippen LogP contribution is 1.95. The van der Waals surface area contributed by atoms with Crippen LogP contribution in [-0.4, -0.2) is 28.5 Å². The molecule has 1 rings (SSSR count). The molecule has 0 spiro atoms. The van der Waals surface area contributed by atoms with Crippen LogP contribution in [0.4, 0.5) is 0 Å². The van der Waals surface area contributed by atoms with E-state index in [9.17, 15) is 9.59 Å². The molecule has 0 aliphatic heterocycles. The Morgan fingerprint density at radius 1 is 1.41 bits per heavy atom. The van der Waals surface area contributed by atoms with Gasteiger partial charge in [0.25, 0.3) is 0 Å². The summed E-state index contributed by atoms with van der Waals surface area (Å²) in [5, 5.41) is 2.66. The summed E-state index contributed by atoms with van der Waals surface area (Å²) < 4.78 is 4.72. The molecule has 0 fully saturated rings. The molecule has 0 aromatic carbocycles. The first-order valence-electron chi connectivity index (χ1n) is 5.39. The lowest BCUT2D eigenvalue weighted by atomic mass is 10.3. The van der Waals surface area contributed by atoms with E-state index in [2.05, 4.69) is 15.3 Å². The Hall–Kier alpha value is -1.98. The van der Waals surface area contributed by atoms with Crippen LogP contribution in [0.25, 0.3) is 0 Å². The van der Waals surface area contributed by atoms with Gasteiger partial charge >= 0.3 is 5.97 Å². The molecule has 1 aromatic heterocycles. The molecular weight excluding hydrogens is 222 g/mol. The number of ether oxygens (including phenoxy) is 1. The minimum atomic E-state index is -0.357. The predicted octanol–water partition coefficient (Wildman–Crippen LogP) is 0.436. The molecule has 0 bridgehead atoms. The van der Waals surface area contributed by atoms with E-state index in [1.807, 2.05) is 0 Å². The molecule has 17 heavy (non-hydrogen) atoms. The van der Waals surface area contributed by atoms with Crippen LogP contribution < -0.4 is 5.32 Å². The Kier molecular flexibility index (Phi) is 5.63. The Bertz CT molecular complexity index is 367. The van der Waals surface area contributed by atoms with Crippen LogP contribution in [0.3, 0.4) is 0 Å². The largest absolute Gasteiger partial charge is 0.466 e. The zero-order valence-corrected chi connectivity index (χ0v) is 9.68. The maximum absolute atomic E-state index is 11.4. The van der Waals surface area contributed by atoms with Crippen molar-refractivity contribution in [1.29, 1.82) is 0 Å². The number of nitrogens with zero attached hydrogens (tertiary/aromatic N) is 2. The molecule has 0 saturated heterocycles. The second-order valence-corrected chi connectivity index (χ2v) is 3.28. The fourth-order valence-electron chi connectivity index (χ4n) is 1.15. The van der Waals surface area contributed by atoms with E-state index < -0.39 is 0 Å². The SMILES string of the molecule is CCOC(=O)CCC(=O)NCc1ccncn1. The number of rotatable bonds is 6. The van der Waals surface area contributed by atoms with Crippen LogP contribution in [0.15, 0.2) is 18.6 Å². The first kappa shape index (κ1) is 13.1. The number of carbonyl (C=O) groups is 2. The monoisotopic (exact) mass is 237 g/mol. The molecular formula is C11H15N3O3. The van der Waals surface area contributed by atoms with Gasteiger partial charge in [-0.25, -0.2) is 9.97 Å². The van der Waals surface area contributed by atoms with E-state index in [0.717, 1.165) is 5.69 Å². The Balaban J connectivity index is 2.20. The van der Waals surface area contributed by atoms with E-state index in [-0.39, 0.29) is 24.7 Å². The van der Waals surface area contributed by atoms with Crippen molar-refractivity contribution in [2.45, 2.75) is 26.3 Å². The van der Waals surface area contributed by atoms with E-state index in [4.69, 9.17) is 4.74 Å². The third-order valence-corrected chi connectivity index (χ3v) is 1.97. The molecule has 0 radical (unpaired) electrons. The maximum Gasteiger partial charge on any atom is 0.306 e. The smallest absolute Gasteiger partial charge is 0.306 e. The lowest BCUT2D eigenvalue weighted by molar-refractivity contribution is -0.144. The minimum absolute atomic E-state index is 0.101. The highest BCUT2D eigenvalue weighted by molar-refractivity contribution is 5.81. The Morgan fingerprint density at radius 2 is 2.24 bits per heavy atom. The fourth-order valence-corrected chi connectivity index (χ4v) is 1.15. The van der Waals surface area contributed by atoms with Gasteiger partial charge in [-0.3, -0.25) is 9.59 Å². The molecule has 0 atom stereocenters. The van der Waals surface area contributed by atoms with Crippen LogP contribution in [0.1, 0.15) is 25.5 Å². The van der Waals surface area contributed by atoms with Gasteiger partial charge in [-0.1, -0.05) is 0 Å². The third-order valence-electron chi connectivity index (χ3n) is 1.97. The number of nitrogens with one attached hydrogen (secondary N) is 1. The fraction of sp³-hybridized carbons (Fsp3) is 0.455. The van der Waals surface area contributed by atoms with E-state index in [0.29, 0.717) is 13.2 Å². The Labute approximate surface area is 99.4 Å². The standard InChI is InChI=1S/C11H15N3O3/c1-2-17-11(16)4-3-10(15)13-7-9-5-6-12-8-14-9/h5-6,8H,2-4,7H2,1H3,(H,13,15). The quantitative estimate of drug-likeness (QED) is 0.726. The maximum atomic E-state index is 11.4. The van der Waals surface area contributed by atoms with Crippen LogP contribution in [0.5, 0.6) is 0 Å². The zero-order valence-electron chi connectivity index (χ0n) is 9.68. The van der Waals surface area contributed by atoms with Gasteiger partial charge in [0, 0.05) is 12.6 Å². The van der Waals surface area contributed by atoms with Crippen LogP contribution in [0, 0.1) is 0 Å². The molecule has 1 amide bonds. The molecule has 1 heterocycles. The summed E-state index contributed by atoms with van der Waals surface area (Å²) in [5.74, 6) is -0.554. The average Bonchev–Trinajstić information content (AvgIpc) is 2.35. The molecule has 6 heteroatoms. The van der Waals surface area contributed by atoms with Crippen molar-refractivity contribution in [1.82, 2.24) is 15.3 Å². The van der Waals surface area contributed by atoms with Crippen molar-refractivity contribution in [3.8, 4) is 0 Å². The second-order valence-electron chi connectivity index (χ2n) is 3.28. The van der Waals surface area contributed by atoms with Gasteiger partial charge in [0.1, 0.15) is 6.33 Å². The highest BCUT2D eigenvalue weighted by Gasteiger charge is 2.07. The Morgan fingerprint density at radius 3 is 2.88 bits per heavy atom. The number of hydrogen-bond acceptors (Lipinski definition) is 5. The molecule has 0 aliphatic rings. The van der Waals surface area contributed by atoms with Crippen LogP contribution in [0.2, 0.25) is 0 Å². The number of esters is 1. The molecule has 92 valence electrons. The van der Waals surface area contributed by atoms with Gasteiger partial charge in [-0.2, -0.15) is 0 Å². The molecule has 0 saturated carbocycles. The molecule has 0 aliphatic carbocycles. The normalized spacial score (nSPS) is 9.71. The topological polar surface area (TPSA) is 81.2 Å². The van der Waals surface area contributed by atoms with Gasteiger partial charge in [0.05, 0.1) is 25.3 Å². The predicted molar refractivity (Wildman–Crippen MR) is 59.7 cm³/mol. The first-order chi connectivity index (χ1) is 8.22. The zero-order chi connectivity index (χ0) is 12.5. The first-order valence-corrected chi connectivity index (χ1v) is 5.39. The molecule has 1 N–H and O–H groups in total. The summed E-state index contributed by atoms with van der Waals surface area (Å²) in [5.41, 5.74) is 0.726. The lowest BCUT2D eigenvalue weighted by Crippen LogP contribution is -2.24. The summed E-state index contributed by atoms with van der Waals surface area (Å²) in [6, 6.07) is 1.71. The second kappa shape index (κ2) is 7.32. The summed E-state index contributed by atoms with van der Waals surface area (Å²) in [6.07, 6.45) is 3.25. The number of amides is 1. The number of carbonyl (C=O) groups excluding carboxylic acids is 2. The minimum Gasteiger partial charge on any atom is -0.466 e. The van der Waals surface area contributed by atoms with Crippen molar-refractivity contribution in [3.63, 3.8) is 0 Å². The molecule has 6 nitrogen and oxygen atoms in total.